The zero-order valence-electron chi connectivity index (χ0n) is 16.8. The Bertz CT molecular complexity index is 1100. The molecular weight excluding hydrogens is 420 g/mol. The van der Waals surface area contributed by atoms with Gasteiger partial charge in [-0.2, -0.15) is 5.10 Å². The fourth-order valence-electron chi connectivity index (χ4n) is 2.61. The van der Waals surface area contributed by atoms with E-state index in [2.05, 4.69) is 10.5 Å². The number of esters is 1. The summed E-state index contributed by atoms with van der Waals surface area (Å²) in [5.41, 5.74) is 3.78. The van der Waals surface area contributed by atoms with Gasteiger partial charge in [0, 0.05) is 5.56 Å². The highest BCUT2D eigenvalue weighted by molar-refractivity contribution is 6.32. The van der Waals surface area contributed by atoms with Crippen molar-refractivity contribution in [1.82, 2.24) is 5.43 Å². The van der Waals surface area contributed by atoms with Gasteiger partial charge in [-0.1, -0.05) is 29.8 Å². The SMILES string of the molecule is COc1ccc(C(=O)Oc2c(Cl)cc(/C=N\NC(=O)c3ccccc3)cc2OC)cc1. The first-order valence-electron chi connectivity index (χ1n) is 9.14. The summed E-state index contributed by atoms with van der Waals surface area (Å²) in [7, 11) is 2.96. The summed E-state index contributed by atoms with van der Waals surface area (Å²) in [6.07, 6.45) is 1.41. The van der Waals surface area contributed by atoms with Crippen LogP contribution in [0.4, 0.5) is 0 Å². The highest BCUT2D eigenvalue weighted by atomic mass is 35.5. The van der Waals surface area contributed by atoms with Gasteiger partial charge in [-0.05, 0) is 54.1 Å². The third-order valence-corrected chi connectivity index (χ3v) is 4.47. The van der Waals surface area contributed by atoms with Gasteiger partial charge >= 0.3 is 5.97 Å². The first kappa shape index (κ1) is 21.9. The zero-order valence-corrected chi connectivity index (χ0v) is 17.6. The van der Waals surface area contributed by atoms with Crippen molar-refractivity contribution in [2.24, 2.45) is 5.10 Å². The highest BCUT2D eigenvalue weighted by Crippen LogP contribution is 2.36. The molecule has 31 heavy (non-hydrogen) atoms. The second-order valence-electron chi connectivity index (χ2n) is 6.22. The van der Waals surface area contributed by atoms with Crippen LogP contribution in [0.5, 0.6) is 17.2 Å². The molecule has 0 aliphatic heterocycles. The van der Waals surface area contributed by atoms with Crippen molar-refractivity contribution < 1.29 is 23.8 Å². The molecule has 7 nitrogen and oxygen atoms in total. The predicted octanol–water partition coefficient (Wildman–Crippen LogP) is 4.34. The maximum absolute atomic E-state index is 12.4. The monoisotopic (exact) mass is 438 g/mol. The highest BCUT2D eigenvalue weighted by Gasteiger charge is 2.17. The minimum Gasteiger partial charge on any atom is -0.497 e. The number of nitrogens with zero attached hydrogens (tertiary/aromatic N) is 1. The summed E-state index contributed by atoms with van der Waals surface area (Å²) >= 11 is 6.30. The molecule has 0 aromatic heterocycles. The second kappa shape index (κ2) is 10.3. The van der Waals surface area contributed by atoms with E-state index in [-0.39, 0.29) is 22.4 Å². The van der Waals surface area contributed by atoms with Crippen molar-refractivity contribution in [3.8, 4) is 17.2 Å². The van der Waals surface area contributed by atoms with E-state index in [0.717, 1.165) is 0 Å². The number of benzene rings is 3. The number of nitrogens with one attached hydrogen (secondary N) is 1. The number of methoxy groups -OCH3 is 2. The third-order valence-electron chi connectivity index (χ3n) is 4.19. The standard InChI is InChI=1S/C23H19ClN2O5/c1-29-18-10-8-17(9-11-18)23(28)31-21-19(24)12-15(13-20(21)30-2)14-25-26-22(27)16-6-4-3-5-7-16/h3-14H,1-2H3,(H,26,27)/b25-14-. The van der Waals surface area contributed by atoms with Crippen LogP contribution in [0.15, 0.2) is 71.8 Å². The molecule has 0 atom stereocenters. The molecule has 3 aromatic rings. The summed E-state index contributed by atoms with van der Waals surface area (Å²) in [6.45, 7) is 0. The van der Waals surface area contributed by atoms with Gasteiger partial charge in [-0.25, -0.2) is 10.2 Å². The summed E-state index contributed by atoms with van der Waals surface area (Å²) in [5.74, 6) is -0.00448. The zero-order chi connectivity index (χ0) is 22.2. The molecule has 0 saturated heterocycles. The van der Waals surface area contributed by atoms with Crippen molar-refractivity contribution in [2.45, 2.75) is 0 Å². The molecule has 158 valence electrons. The van der Waals surface area contributed by atoms with Gasteiger partial charge in [-0.15, -0.1) is 0 Å². The van der Waals surface area contributed by atoms with Crippen molar-refractivity contribution in [3.05, 3.63) is 88.4 Å². The van der Waals surface area contributed by atoms with Crippen LogP contribution in [0.2, 0.25) is 5.02 Å². The summed E-state index contributed by atoms with van der Waals surface area (Å²) in [4.78, 5) is 24.5. The van der Waals surface area contributed by atoms with Crippen molar-refractivity contribution in [3.63, 3.8) is 0 Å². The molecule has 0 aliphatic carbocycles. The molecule has 3 aromatic carbocycles. The second-order valence-corrected chi connectivity index (χ2v) is 6.62. The molecule has 0 fully saturated rings. The lowest BCUT2D eigenvalue weighted by molar-refractivity contribution is 0.0729. The molecule has 0 spiro atoms. The van der Waals surface area contributed by atoms with Crippen LogP contribution >= 0.6 is 11.6 Å². The van der Waals surface area contributed by atoms with E-state index in [9.17, 15) is 9.59 Å². The van der Waals surface area contributed by atoms with Crippen LogP contribution in [-0.4, -0.2) is 32.3 Å². The number of rotatable bonds is 7. The predicted molar refractivity (Wildman–Crippen MR) is 117 cm³/mol. The van der Waals surface area contributed by atoms with Crippen LogP contribution in [-0.2, 0) is 0 Å². The lowest BCUT2D eigenvalue weighted by Crippen LogP contribution is -2.17. The van der Waals surface area contributed by atoms with E-state index in [4.69, 9.17) is 25.8 Å². The molecule has 1 N–H and O–H groups in total. The fraction of sp³-hybridized carbons (Fsp3) is 0.0870. The number of carbonyl (C=O) groups is 2. The molecule has 0 unspecified atom stereocenters. The van der Waals surface area contributed by atoms with Gasteiger partial charge < -0.3 is 14.2 Å². The van der Waals surface area contributed by atoms with Crippen LogP contribution in [0.1, 0.15) is 26.3 Å². The first-order chi connectivity index (χ1) is 15.0. The van der Waals surface area contributed by atoms with E-state index < -0.39 is 5.97 Å². The van der Waals surface area contributed by atoms with Crippen LogP contribution < -0.4 is 19.6 Å². The van der Waals surface area contributed by atoms with Gasteiger partial charge in [-0.3, -0.25) is 4.79 Å². The lowest BCUT2D eigenvalue weighted by atomic mass is 10.2. The maximum atomic E-state index is 12.4. The maximum Gasteiger partial charge on any atom is 0.343 e. The largest absolute Gasteiger partial charge is 0.497 e. The lowest BCUT2D eigenvalue weighted by Gasteiger charge is -2.12. The summed E-state index contributed by atoms with van der Waals surface area (Å²) in [6, 6.07) is 18.3. The van der Waals surface area contributed by atoms with Gasteiger partial charge in [0.25, 0.3) is 5.91 Å². The van der Waals surface area contributed by atoms with Gasteiger partial charge in [0.05, 0.1) is 31.0 Å². The molecule has 0 aliphatic rings. The molecule has 0 radical (unpaired) electrons. The Kier molecular flexibility index (Phi) is 7.24. The van der Waals surface area contributed by atoms with Crippen LogP contribution in [0, 0.1) is 0 Å². The molecule has 0 heterocycles. The van der Waals surface area contributed by atoms with Gasteiger partial charge in [0.1, 0.15) is 5.75 Å². The number of carbonyl (C=O) groups excluding carboxylic acids is 2. The summed E-state index contributed by atoms with van der Waals surface area (Å²) in [5, 5.41) is 4.08. The van der Waals surface area contributed by atoms with E-state index in [1.54, 1.807) is 60.7 Å². The average Bonchev–Trinajstić information content (AvgIpc) is 2.81. The first-order valence-corrected chi connectivity index (χ1v) is 9.52. The van der Waals surface area contributed by atoms with Crippen molar-refractivity contribution in [1.29, 1.82) is 0 Å². The van der Waals surface area contributed by atoms with Crippen molar-refractivity contribution >= 4 is 29.7 Å². The molecule has 0 bridgehead atoms. The number of amides is 1. The Balaban J connectivity index is 1.73. The van der Waals surface area contributed by atoms with Crippen LogP contribution in [0.25, 0.3) is 0 Å². The molecular formula is C23H19ClN2O5. The minimum atomic E-state index is -0.598. The van der Waals surface area contributed by atoms with Crippen LogP contribution in [0.3, 0.4) is 0 Å². The van der Waals surface area contributed by atoms with E-state index in [1.165, 1.54) is 20.4 Å². The quantitative estimate of drug-likeness (QED) is 0.256. The number of hydrogen-bond donors (Lipinski definition) is 1. The van der Waals surface area contributed by atoms with E-state index >= 15 is 0 Å². The Morgan fingerprint density at radius 3 is 2.29 bits per heavy atom. The Hall–Kier alpha value is -3.84. The summed E-state index contributed by atoms with van der Waals surface area (Å²) < 4.78 is 15.8. The number of hydrazone groups is 1. The Morgan fingerprint density at radius 2 is 1.65 bits per heavy atom. The average molecular weight is 439 g/mol. The van der Waals surface area contributed by atoms with E-state index in [1.807, 2.05) is 6.07 Å². The number of hydrogen-bond acceptors (Lipinski definition) is 6. The van der Waals surface area contributed by atoms with Gasteiger partial charge in [0.15, 0.2) is 11.5 Å². The Morgan fingerprint density at radius 1 is 0.935 bits per heavy atom. The Labute approximate surface area is 184 Å². The third kappa shape index (κ3) is 5.61. The van der Waals surface area contributed by atoms with E-state index in [0.29, 0.717) is 22.4 Å². The van der Waals surface area contributed by atoms with Gasteiger partial charge in [0.2, 0.25) is 0 Å². The molecule has 8 heteroatoms. The fourth-order valence-corrected chi connectivity index (χ4v) is 2.87. The molecule has 1 amide bonds. The smallest absolute Gasteiger partial charge is 0.343 e. The number of ether oxygens (including phenoxy) is 3. The normalized spacial score (nSPS) is 10.5. The topological polar surface area (TPSA) is 86.2 Å². The minimum absolute atomic E-state index is 0.0791. The molecule has 0 saturated carbocycles. The van der Waals surface area contributed by atoms with Crippen molar-refractivity contribution in [2.75, 3.05) is 14.2 Å². The molecule has 3 rings (SSSR count). The number of halogens is 1.